The molecule has 1 aliphatic heterocycles. The fraction of sp³-hybridized carbons (Fsp3) is 0.471. The summed E-state index contributed by atoms with van der Waals surface area (Å²) in [5, 5.41) is 12.0. The molecular weight excluding hydrogens is 314 g/mol. The van der Waals surface area contributed by atoms with Crippen molar-refractivity contribution in [1.82, 2.24) is 0 Å². The highest BCUT2D eigenvalue weighted by Gasteiger charge is 2.11. The van der Waals surface area contributed by atoms with Crippen LogP contribution in [0.3, 0.4) is 0 Å². The topological polar surface area (TPSA) is 83.5 Å². The summed E-state index contributed by atoms with van der Waals surface area (Å²) in [6.07, 6.45) is 2.09. The predicted octanol–water partition coefficient (Wildman–Crippen LogP) is 3.72. The second-order valence-corrected chi connectivity index (χ2v) is 7.00. The number of benzene rings is 1. The fourth-order valence-corrected chi connectivity index (χ4v) is 2.18. The lowest BCUT2D eigenvalue weighted by molar-refractivity contribution is -0.116. The maximum Gasteiger partial charge on any atom is 0.335 e. The van der Waals surface area contributed by atoms with Gasteiger partial charge in [0.1, 0.15) is 0 Å². The lowest BCUT2D eigenvalue weighted by Gasteiger charge is -2.08. The monoisotopic (exact) mass is 337 g/mol. The molecule has 1 fully saturated rings. The first-order valence-electron chi connectivity index (χ1n) is 7.58. The smallest absolute Gasteiger partial charge is 0.335 e. The molecule has 5 nitrogen and oxygen atoms in total. The average molecular weight is 337 g/mol. The highest BCUT2D eigenvalue weighted by molar-refractivity contribution is 8.15. The van der Waals surface area contributed by atoms with E-state index in [1.165, 1.54) is 17.8 Å². The molecule has 0 bridgehead atoms. The summed E-state index contributed by atoms with van der Waals surface area (Å²) in [7, 11) is 0. The van der Waals surface area contributed by atoms with Crippen LogP contribution in [0.5, 0.6) is 0 Å². The third kappa shape index (κ3) is 7.83. The van der Waals surface area contributed by atoms with Crippen LogP contribution in [0.1, 0.15) is 49.0 Å². The van der Waals surface area contributed by atoms with Gasteiger partial charge in [-0.15, -0.1) is 0 Å². The molecule has 1 saturated heterocycles. The van der Waals surface area contributed by atoms with E-state index in [-0.39, 0.29) is 11.5 Å². The first-order valence-corrected chi connectivity index (χ1v) is 8.57. The number of amides is 1. The van der Waals surface area contributed by atoms with Gasteiger partial charge in [-0.05, 0) is 43.0 Å². The number of hydrogen-bond donors (Lipinski definition) is 2. The van der Waals surface area contributed by atoms with E-state index in [9.17, 15) is 14.4 Å². The van der Waals surface area contributed by atoms with Gasteiger partial charge >= 0.3 is 5.97 Å². The highest BCUT2D eigenvalue weighted by Crippen LogP contribution is 2.17. The molecule has 0 unspecified atom stereocenters. The number of aryl methyl sites for hydroxylation is 1. The van der Waals surface area contributed by atoms with E-state index >= 15 is 0 Å². The second kappa shape index (κ2) is 9.35. The number of carboxylic acid groups (broad SMARTS) is 1. The minimum atomic E-state index is -0.989. The Morgan fingerprint density at radius 1 is 1.30 bits per heavy atom. The molecule has 2 N–H and O–H groups in total. The SMILES string of the molecule is Cc1cc(NC(=O)CCC(C)C)cc(C(=O)O)c1.O=C1CCS1. The van der Waals surface area contributed by atoms with Gasteiger partial charge < -0.3 is 10.4 Å². The zero-order valence-electron chi connectivity index (χ0n) is 13.7. The van der Waals surface area contributed by atoms with Gasteiger partial charge in [0, 0.05) is 24.3 Å². The van der Waals surface area contributed by atoms with Crippen LogP contribution in [-0.4, -0.2) is 27.9 Å². The lowest BCUT2D eigenvalue weighted by Crippen LogP contribution is -2.13. The van der Waals surface area contributed by atoms with E-state index in [4.69, 9.17) is 5.11 Å². The molecule has 0 aliphatic carbocycles. The van der Waals surface area contributed by atoms with Crippen molar-refractivity contribution in [3.63, 3.8) is 0 Å². The third-order valence-corrected chi connectivity index (χ3v) is 4.06. The van der Waals surface area contributed by atoms with Crippen LogP contribution in [0.2, 0.25) is 0 Å². The first-order chi connectivity index (χ1) is 10.8. The molecule has 23 heavy (non-hydrogen) atoms. The maximum atomic E-state index is 11.7. The zero-order chi connectivity index (χ0) is 17.4. The summed E-state index contributed by atoms with van der Waals surface area (Å²) in [4.78, 5) is 32.4. The molecule has 2 rings (SSSR count). The van der Waals surface area contributed by atoms with E-state index in [0.29, 0.717) is 23.1 Å². The van der Waals surface area contributed by atoms with Crippen molar-refractivity contribution in [1.29, 1.82) is 0 Å². The summed E-state index contributed by atoms with van der Waals surface area (Å²) in [5.74, 6) is 0.462. The molecule has 0 aromatic heterocycles. The molecule has 0 atom stereocenters. The molecule has 0 saturated carbocycles. The number of anilines is 1. The molecule has 1 aromatic rings. The van der Waals surface area contributed by atoms with Crippen LogP contribution in [-0.2, 0) is 9.59 Å². The Morgan fingerprint density at radius 2 is 1.91 bits per heavy atom. The molecule has 0 spiro atoms. The van der Waals surface area contributed by atoms with E-state index in [2.05, 4.69) is 19.2 Å². The van der Waals surface area contributed by atoms with Crippen molar-refractivity contribution in [2.75, 3.05) is 11.1 Å². The lowest BCUT2D eigenvalue weighted by atomic mass is 10.1. The predicted molar refractivity (Wildman–Crippen MR) is 92.9 cm³/mol. The number of carbonyl (C=O) groups excluding carboxylic acids is 2. The Kier molecular flexibility index (Phi) is 7.81. The molecule has 1 amide bonds. The quantitative estimate of drug-likeness (QED) is 0.855. The number of aromatic carboxylic acids is 1. The van der Waals surface area contributed by atoms with Crippen LogP contribution in [0, 0.1) is 12.8 Å². The molecular formula is C17H23NO4S. The number of nitrogens with one attached hydrogen (secondary N) is 1. The Balaban J connectivity index is 0.000000446. The van der Waals surface area contributed by atoms with Crippen molar-refractivity contribution < 1.29 is 19.5 Å². The molecule has 1 heterocycles. The van der Waals surface area contributed by atoms with Gasteiger partial charge in [-0.3, -0.25) is 9.59 Å². The zero-order valence-corrected chi connectivity index (χ0v) is 14.5. The summed E-state index contributed by atoms with van der Waals surface area (Å²) in [5.41, 5.74) is 1.55. The average Bonchev–Trinajstić information content (AvgIpc) is 2.43. The minimum absolute atomic E-state index is 0.0781. The number of hydrogen-bond acceptors (Lipinski definition) is 4. The Bertz CT molecular complexity index is 578. The maximum absolute atomic E-state index is 11.7. The Morgan fingerprint density at radius 3 is 2.35 bits per heavy atom. The van der Waals surface area contributed by atoms with Crippen molar-refractivity contribution in [2.24, 2.45) is 5.92 Å². The van der Waals surface area contributed by atoms with Crippen LogP contribution in [0.4, 0.5) is 5.69 Å². The van der Waals surface area contributed by atoms with Gasteiger partial charge in [0.2, 0.25) is 5.91 Å². The van der Waals surface area contributed by atoms with Crippen LogP contribution < -0.4 is 5.32 Å². The van der Waals surface area contributed by atoms with Crippen molar-refractivity contribution in [3.05, 3.63) is 29.3 Å². The summed E-state index contributed by atoms with van der Waals surface area (Å²) >= 11 is 1.42. The van der Waals surface area contributed by atoms with Gasteiger partial charge in [-0.2, -0.15) is 0 Å². The van der Waals surface area contributed by atoms with E-state index in [1.807, 2.05) is 0 Å². The van der Waals surface area contributed by atoms with Crippen LogP contribution in [0.25, 0.3) is 0 Å². The van der Waals surface area contributed by atoms with Crippen LogP contribution >= 0.6 is 11.8 Å². The Hall–Kier alpha value is -1.82. The summed E-state index contributed by atoms with van der Waals surface area (Å²) < 4.78 is 0. The Labute approximate surface area is 140 Å². The van der Waals surface area contributed by atoms with E-state index < -0.39 is 5.97 Å². The minimum Gasteiger partial charge on any atom is -0.478 e. The van der Waals surface area contributed by atoms with E-state index in [1.54, 1.807) is 19.1 Å². The van der Waals surface area contributed by atoms with Gasteiger partial charge in [0.05, 0.1) is 5.56 Å². The number of carboxylic acids is 1. The number of rotatable bonds is 5. The summed E-state index contributed by atoms with van der Waals surface area (Å²) in [6.45, 7) is 5.92. The third-order valence-electron chi connectivity index (χ3n) is 3.13. The normalized spacial score (nSPS) is 13.0. The van der Waals surface area contributed by atoms with Gasteiger partial charge in [0.25, 0.3) is 0 Å². The molecule has 1 aromatic carbocycles. The number of carbonyl (C=O) groups is 3. The van der Waals surface area contributed by atoms with Crippen molar-refractivity contribution in [3.8, 4) is 0 Å². The van der Waals surface area contributed by atoms with E-state index in [0.717, 1.165) is 24.2 Å². The molecule has 1 aliphatic rings. The molecule has 126 valence electrons. The first kappa shape index (κ1) is 19.2. The van der Waals surface area contributed by atoms with Crippen molar-refractivity contribution in [2.45, 2.75) is 40.0 Å². The van der Waals surface area contributed by atoms with Gasteiger partial charge in [-0.1, -0.05) is 25.6 Å². The van der Waals surface area contributed by atoms with Gasteiger partial charge in [-0.25, -0.2) is 4.79 Å². The number of thioether (sulfide) groups is 1. The highest BCUT2D eigenvalue weighted by atomic mass is 32.2. The standard InChI is InChI=1S/C14H19NO3.C3H4OS/c1-9(2)4-5-13(16)15-12-7-10(3)6-11(8-12)14(17)18;4-3-1-2-5-3/h6-9H,4-5H2,1-3H3,(H,15,16)(H,17,18);1-2H2. The molecule has 0 radical (unpaired) electrons. The summed E-state index contributed by atoms with van der Waals surface area (Å²) in [6, 6.07) is 4.81. The van der Waals surface area contributed by atoms with Gasteiger partial charge in [0.15, 0.2) is 5.12 Å². The fourth-order valence-electron chi connectivity index (χ4n) is 1.81. The van der Waals surface area contributed by atoms with Crippen LogP contribution in [0.15, 0.2) is 18.2 Å². The second-order valence-electron chi connectivity index (χ2n) is 5.84. The molecule has 6 heteroatoms. The largest absolute Gasteiger partial charge is 0.478 e. The van der Waals surface area contributed by atoms with Crippen molar-refractivity contribution >= 4 is 34.4 Å².